The van der Waals surface area contributed by atoms with Gasteiger partial charge in [0.1, 0.15) is 5.82 Å². The zero-order valence-corrected chi connectivity index (χ0v) is 7.21. The smallest absolute Gasteiger partial charge is 0.207 e. The topological polar surface area (TPSA) is 54.9 Å². The molecule has 58 valence electrons. The summed E-state index contributed by atoms with van der Waals surface area (Å²) in [5.74, 6) is 0.598. The molecule has 1 amide bonds. The van der Waals surface area contributed by atoms with Crippen molar-refractivity contribution in [2.75, 3.05) is 0 Å². The average Bonchev–Trinajstić information content (AvgIpc) is 2.04. The van der Waals surface area contributed by atoms with Crippen LogP contribution in [0.5, 0.6) is 0 Å². The first-order chi connectivity index (χ1) is 5.33. The predicted molar refractivity (Wildman–Crippen MR) is 42.6 cm³/mol. The van der Waals surface area contributed by atoms with E-state index in [0.29, 0.717) is 18.8 Å². The third kappa shape index (κ3) is 2.63. The molecule has 0 spiro atoms. The second-order valence-electron chi connectivity index (χ2n) is 1.82. The molecule has 0 radical (unpaired) electrons. The van der Waals surface area contributed by atoms with E-state index in [0.717, 1.165) is 4.47 Å². The molecule has 1 N–H and O–H groups in total. The Balaban J connectivity index is 2.58. The lowest BCUT2D eigenvalue weighted by atomic mass is 10.5. The first kappa shape index (κ1) is 8.13. The molecule has 0 saturated carbocycles. The molecule has 5 heteroatoms. The summed E-state index contributed by atoms with van der Waals surface area (Å²) >= 11 is 3.20. The number of hydrogen-bond donors (Lipinski definition) is 1. The van der Waals surface area contributed by atoms with Crippen LogP contribution < -0.4 is 5.32 Å². The van der Waals surface area contributed by atoms with Crippen LogP contribution in [-0.2, 0) is 11.3 Å². The van der Waals surface area contributed by atoms with Gasteiger partial charge in [-0.15, -0.1) is 0 Å². The highest BCUT2D eigenvalue weighted by Gasteiger charge is 1.92. The minimum Gasteiger partial charge on any atom is -0.351 e. The predicted octanol–water partition coefficient (Wildman–Crippen LogP) is 0.485. The highest BCUT2D eigenvalue weighted by Crippen LogP contribution is 2.03. The summed E-state index contributed by atoms with van der Waals surface area (Å²) in [7, 11) is 0. The highest BCUT2D eigenvalue weighted by molar-refractivity contribution is 9.10. The van der Waals surface area contributed by atoms with E-state index in [9.17, 15) is 4.79 Å². The molecule has 11 heavy (non-hydrogen) atoms. The van der Waals surface area contributed by atoms with Gasteiger partial charge in [-0.3, -0.25) is 4.79 Å². The summed E-state index contributed by atoms with van der Waals surface area (Å²) in [6, 6.07) is 0. The standard InChI is InChI=1S/C6H6BrN3O/c7-5-1-9-6(10-2-5)3-8-4-11/h1-2,4H,3H2,(H,8,11). The van der Waals surface area contributed by atoms with Crippen molar-refractivity contribution in [1.82, 2.24) is 15.3 Å². The Kier molecular flexibility index (Phi) is 2.97. The fourth-order valence-corrected chi connectivity index (χ4v) is 0.768. The van der Waals surface area contributed by atoms with Gasteiger partial charge in [0.2, 0.25) is 6.41 Å². The van der Waals surface area contributed by atoms with Crippen molar-refractivity contribution in [3.05, 3.63) is 22.7 Å². The molecular formula is C6H6BrN3O. The summed E-state index contributed by atoms with van der Waals surface area (Å²) in [5.41, 5.74) is 0. The van der Waals surface area contributed by atoms with Crippen molar-refractivity contribution in [3.8, 4) is 0 Å². The van der Waals surface area contributed by atoms with Crippen LogP contribution >= 0.6 is 15.9 Å². The van der Waals surface area contributed by atoms with Gasteiger partial charge in [0.25, 0.3) is 0 Å². The van der Waals surface area contributed by atoms with Crippen molar-refractivity contribution >= 4 is 22.3 Å². The third-order valence-corrected chi connectivity index (χ3v) is 1.43. The van der Waals surface area contributed by atoms with Crippen molar-refractivity contribution < 1.29 is 4.79 Å². The van der Waals surface area contributed by atoms with Gasteiger partial charge < -0.3 is 5.32 Å². The molecular weight excluding hydrogens is 210 g/mol. The number of nitrogens with one attached hydrogen (secondary N) is 1. The zero-order valence-electron chi connectivity index (χ0n) is 5.62. The lowest BCUT2D eigenvalue weighted by Gasteiger charge is -1.96. The Morgan fingerprint density at radius 3 is 2.73 bits per heavy atom. The molecule has 0 unspecified atom stereocenters. The first-order valence-corrected chi connectivity index (χ1v) is 3.75. The highest BCUT2D eigenvalue weighted by atomic mass is 79.9. The molecule has 0 aliphatic heterocycles. The number of halogens is 1. The summed E-state index contributed by atoms with van der Waals surface area (Å²) in [6.45, 7) is 0.372. The van der Waals surface area contributed by atoms with E-state index in [1.807, 2.05) is 0 Å². The van der Waals surface area contributed by atoms with Crippen molar-refractivity contribution in [2.45, 2.75) is 6.54 Å². The maximum Gasteiger partial charge on any atom is 0.207 e. The van der Waals surface area contributed by atoms with E-state index < -0.39 is 0 Å². The van der Waals surface area contributed by atoms with Gasteiger partial charge in [-0.2, -0.15) is 0 Å². The summed E-state index contributed by atoms with van der Waals surface area (Å²) in [6.07, 6.45) is 3.88. The summed E-state index contributed by atoms with van der Waals surface area (Å²) in [4.78, 5) is 17.7. The second kappa shape index (κ2) is 4.02. The minimum atomic E-state index is 0.372. The van der Waals surface area contributed by atoms with E-state index in [-0.39, 0.29) is 0 Å². The summed E-state index contributed by atoms with van der Waals surface area (Å²) in [5, 5.41) is 2.46. The monoisotopic (exact) mass is 215 g/mol. The van der Waals surface area contributed by atoms with E-state index in [1.54, 1.807) is 12.4 Å². The summed E-state index contributed by atoms with van der Waals surface area (Å²) < 4.78 is 0.826. The number of hydrogen-bond acceptors (Lipinski definition) is 3. The average molecular weight is 216 g/mol. The van der Waals surface area contributed by atoms with Crippen molar-refractivity contribution in [1.29, 1.82) is 0 Å². The molecule has 0 aliphatic carbocycles. The Morgan fingerprint density at radius 1 is 1.55 bits per heavy atom. The van der Waals surface area contributed by atoms with E-state index in [2.05, 4.69) is 31.2 Å². The molecule has 0 aliphatic rings. The van der Waals surface area contributed by atoms with Crippen LogP contribution in [0.15, 0.2) is 16.9 Å². The molecule has 1 aromatic heterocycles. The molecule has 0 saturated heterocycles. The number of carbonyl (C=O) groups is 1. The van der Waals surface area contributed by atoms with Crippen LogP contribution in [0, 0.1) is 0 Å². The van der Waals surface area contributed by atoms with E-state index >= 15 is 0 Å². The third-order valence-electron chi connectivity index (χ3n) is 1.02. The number of nitrogens with zero attached hydrogens (tertiary/aromatic N) is 2. The molecule has 0 atom stereocenters. The van der Waals surface area contributed by atoms with Crippen LogP contribution in [-0.4, -0.2) is 16.4 Å². The van der Waals surface area contributed by atoms with Gasteiger partial charge in [0.15, 0.2) is 0 Å². The Labute approximate surface area is 72.2 Å². The van der Waals surface area contributed by atoms with Gasteiger partial charge in [-0.1, -0.05) is 0 Å². The molecule has 0 aromatic carbocycles. The maximum absolute atomic E-state index is 9.87. The minimum absolute atomic E-state index is 0.372. The lowest BCUT2D eigenvalue weighted by molar-refractivity contribution is -0.109. The molecule has 4 nitrogen and oxygen atoms in total. The van der Waals surface area contributed by atoms with Gasteiger partial charge in [0.05, 0.1) is 11.0 Å². The van der Waals surface area contributed by atoms with E-state index in [1.165, 1.54) is 0 Å². The van der Waals surface area contributed by atoms with Crippen LogP contribution in [0.3, 0.4) is 0 Å². The zero-order chi connectivity index (χ0) is 8.10. The van der Waals surface area contributed by atoms with Crippen LogP contribution in [0.25, 0.3) is 0 Å². The number of carbonyl (C=O) groups excluding carboxylic acids is 1. The fraction of sp³-hybridized carbons (Fsp3) is 0.167. The maximum atomic E-state index is 9.87. The second-order valence-corrected chi connectivity index (χ2v) is 2.73. The SMILES string of the molecule is O=CNCc1ncc(Br)cn1. The van der Waals surface area contributed by atoms with Crippen LogP contribution in [0.2, 0.25) is 0 Å². The van der Waals surface area contributed by atoms with Gasteiger partial charge in [-0.25, -0.2) is 9.97 Å². The normalized spacial score (nSPS) is 9.18. The van der Waals surface area contributed by atoms with Gasteiger partial charge in [0, 0.05) is 12.4 Å². The molecule has 0 bridgehead atoms. The fourth-order valence-electron chi connectivity index (χ4n) is 0.563. The number of rotatable bonds is 3. The molecule has 1 heterocycles. The van der Waals surface area contributed by atoms with Crippen LogP contribution in [0.1, 0.15) is 5.82 Å². The Morgan fingerprint density at radius 2 is 2.18 bits per heavy atom. The Bertz CT molecular complexity index is 236. The Hall–Kier alpha value is -0.970. The van der Waals surface area contributed by atoms with Gasteiger partial charge in [-0.05, 0) is 15.9 Å². The largest absolute Gasteiger partial charge is 0.351 e. The molecule has 1 aromatic rings. The lowest BCUT2D eigenvalue weighted by Crippen LogP contribution is -2.12. The molecule has 0 fully saturated rings. The molecule has 1 rings (SSSR count). The van der Waals surface area contributed by atoms with Crippen molar-refractivity contribution in [3.63, 3.8) is 0 Å². The van der Waals surface area contributed by atoms with Crippen LogP contribution in [0.4, 0.5) is 0 Å². The first-order valence-electron chi connectivity index (χ1n) is 2.96. The quantitative estimate of drug-likeness (QED) is 0.748. The van der Waals surface area contributed by atoms with E-state index in [4.69, 9.17) is 0 Å². The number of aromatic nitrogens is 2. The number of amides is 1. The van der Waals surface area contributed by atoms with Gasteiger partial charge >= 0.3 is 0 Å². The van der Waals surface area contributed by atoms with Crippen molar-refractivity contribution in [2.24, 2.45) is 0 Å².